The highest BCUT2D eigenvalue weighted by atomic mass is 35.5. The predicted octanol–water partition coefficient (Wildman–Crippen LogP) is 3.65. The Bertz CT molecular complexity index is 559. The van der Waals surface area contributed by atoms with Crippen LogP contribution in [0.4, 0.5) is 5.69 Å². The molecule has 0 aromatic heterocycles. The number of rotatable bonds is 5. The number of nitrogens with zero attached hydrogens (tertiary/aromatic N) is 1. The number of nitrogens with one attached hydrogen (secondary N) is 1. The quantitative estimate of drug-likeness (QED) is 0.661. The van der Waals surface area contributed by atoms with Gasteiger partial charge in [-0.1, -0.05) is 30.5 Å². The summed E-state index contributed by atoms with van der Waals surface area (Å²) in [6.45, 7) is 0.524. The molecule has 0 aliphatic heterocycles. The second kappa shape index (κ2) is 6.66. The van der Waals surface area contributed by atoms with Crippen LogP contribution in [0.5, 0.6) is 0 Å². The lowest BCUT2D eigenvalue weighted by Crippen LogP contribution is -2.38. The Hall–Kier alpha value is -1.27. The van der Waals surface area contributed by atoms with Gasteiger partial charge in [0, 0.05) is 11.3 Å². The van der Waals surface area contributed by atoms with Crippen LogP contribution in [0.15, 0.2) is 18.2 Å². The lowest BCUT2D eigenvalue weighted by molar-refractivity contribution is -0.385. The van der Waals surface area contributed by atoms with Gasteiger partial charge in [-0.25, -0.2) is 0 Å². The maximum atomic E-state index is 12.3. The molecule has 0 saturated heterocycles. The molecule has 21 heavy (non-hydrogen) atoms. The molecule has 1 aromatic rings. The Morgan fingerprint density at radius 3 is 2.71 bits per heavy atom. The van der Waals surface area contributed by atoms with E-state index < -0.39 is 10.8 Å². The standard InChI is InChI=1S/C14H17ClN2O3S/c1-21-14(7-2-3-8-14)9-16-13(18)10-5-4-6-11(15)12(10)17(19)20/h4-6H,2-3,7-9H2,1H3,(H,16,18). The molecular weight excluding hydrogens is 312 g/mol. The van der Waals surface area contributed by atoms with Gasteiger partial charge in [-0.05, 0) is 31.2 Å². The van der Waals surface area contributed by atoms with Gasteiger partial charge in [0.1, 0.15) is 10.6 Å². The Morgan fingerprint density at radius 2 is 2.14 bits per heavy atom. The van der Waals surface area contributed by atoms with Crippen LogP contribution in [0.2, 0.25) is 5.02 Å². The number of benzene rings is 1. The van der Waals surface area contributed by atoms with E-state index in [2.05, 4.69) is 5.32 Å². The summed E-state index contributed by atoms with van der Waals surface area (Å²) in [5.74, 6) is -0.440. The van der Waals surface area contributed by atoms with Crippen LogP contribution >= 0.6 is 23.4 Å². The van der Waals surface area contributed by atoms with Crippen LogP contribution in [0, 0.1) is 10.1 Å². The van der Waals surface area contributed by atoms with Crippen molar-refractivity contribution in [2.75, 3.05) is 12.8 Å². The lowest BCUT2D eigenvalue weighted by Gasteiger charge is -2.26. The third kappa shape index (κ3) is 3.49. The monoisotopic (exact) mass is 328 g/mol. The minimum absolute atomic E-state index is 0.0155. The van der Waals surface area contributed by atoms with Gasteiger partial charge < -0.3 is 5.32 Å². The fourth-order valence-electron chi connectivity index (χ4n) is 2.69. The average molecular weight is 329 g/mol. The van der Waals surface area contributed by atoms with E-state index in [9.17, 15) is 14.9 Å². The molecule has 1 saturated carbocycles. The van der Waals surface area contributed by atoms with Crippen molar-refractivity contribution in [3.05, 3.63) is 38.9 Å². The van der Waals surface area contributed by atoms with Crippen LogP contribution in [-0.2, 0) is 0 Å². The molecular formula is C14H17ClN2O3S. The maximum Gasteiger partial charge on any atom is 0.300 e. The van der Waals surface area contributed by atoms with E-state index in [0.717, 1.165) is 25.7 Å². The number of thioether (sulfide) groups is 1. The molecule has 0 unspecified atom stereocenters. The zero-order valence-corrected chi connectivity index (χ0v) is 13.3. The van der Waals surface area contributed by atoms with Gasteiger partial charge in [0.25, 0.3) is 5.91 Å². The lowest BCUT2D eigenvalue weighted by atomic mass is 10.1. The Labute approximate surface area is 132 Å². The van der Waals surface area contributed by atoms with Crippen molar-refractivity contribution >= 4 is 35.0 Å². The normalized spacial score (nSPS) is 16.7. The van der Waals surface area contributed by atoms with Crippen LogP contribution in [0.25, 0.3) is 0 Å². The van der Waals surface area contributed by atoms with Crippen LogP contribution < -0.4 is 5.32 Å². The first-order chi connectivity index (χ1) is 9.99. The minimum Gasteiger partial charge on any atom is -0.350 e. The number of hydrogen-bond donors (Lipinski definition) is 1. The average Bonchev–Trinajstić information content (AvgIpc) is 2.93. The van der Waals surface area contributed by atoms with E-state index in [4.69, 9.17) is 11.6 Å². The smallest absolute Gasteiger partial charge is 0.300 e. The SMILES string of the molecule is CSC1(CNC(=O)c2cccc(Cl)c2[N+](=O)[O-])CCCC1. The van der Waals surface area contributed by atoms with Crippen molar-refractivity contribution in [1.82, 2.24) is 5.32 Å². The van der Waals surface area contributed by atoms with Crippen molar-refractivity contribution in [2.24, 2.45) is 0 Å². The summed E-state index contributed by atoms with van der Waals surface area (Å²) in [5.41, 5.74) is -0.317. The molecule has 1 fully saturated rings. The first-order valence-corrected chi connectivity index (χ1v) is 8.36. The number of carbonyl (C=O) groups excluding carboxylic acids is 1. The Balaban J connectivity index is 2.14. The molecule has 2 rings (SSSR count). The molecule has 7 heteroatoms. The van der Waals surface area contributed by atoms with Gasteiger partial charge in [0.15, 0.2) is 0 Å². The fraction of sp³-hybridized carbons (Fsp3) is 0.500. The first-order valence-electron chi connectivity index (χ1n) is 6.75. The molecule has 114 valence electrons. The zero-order valence-electron chi connectivity index (χ0n) is 11.7. The highest BCUT2D eigenvalue weighted by molar-refractivity contribution is 8.00. The third-order valence-corrected chi connectivity index (χ3v) is 5.66. The van der Waals surface area contributed by atoms with E-state index >= 15 is 0 Å². The van der Waals surface area contributed by atoms with Crippen molar-refractivity contribution in [2.45, 2.75) is 30.4 Å². The number of carbonyl (C=O) groups is 1. The van der Waals surface area contributed by atoms with Gasteiger partial charge in [0.05, 0.1) is 4.92 Å². The van der Waals surface area contributed by atoms with Gasteiger partial charge >= 0.3 is 5.69 Å². The summed E-state index contributed by atoms with van der Waals surface area (Å²) in [6.07, 6.45) is 6.49. The van der Waals surface area contributed by atoms with E-state index in [1.165, 1.54) is 12.1 Å². The van der Waals surface area contributed by atoms with Crippen LogP contribution in [0.1, 0.15) is 36.0 Å². The van der Waals surface area contributed by atoms with Crippen molar-refractivity contribution in [3.63, 3.8) is 0 Å². The number of amides is 1. The Kier molecular flexibility index (Phi) is 5.11. The highest BCUT2D eigenvalue weighted by Crippen LogP contribution is 2.39. The molecule has 0 bridgehead atoms. The summed E-state index contributed by atoms with van der Waals surface area (Å²) in [6, 6.07) is 4.39. The summed E-state index contributed by atoms with van der Waals surface area (Å²) in [5, 5.41) is 13.9. The second-order valence-corrected chi connectivity index (χ2v) is 6.85. The van der Waals surface area contributed by atoms with Gasteiger partial charge in [0.2, 0.25) is 0 Å². The summed E-state index contributed by atoms with van der Waals surface area (Å²) >= 11 is 7.58. The third-order valence-electron chi connectivity index (χ3n) is 3.93. The molecule has 0 spiro atoms. The van der Waals surface area contributed by atoms with Crippen molar-refractivity contribution in [3.8, 4) is 0 Å². The molecule has 1 aliphatic carbocycles. The molecule has 0 heterocycles. The molecule has 1 aromatic carbocycles. The van der Waals surface area contributed by atoms with E-state index in [0.29, 0.717) is 6.54 Å². The molecule has 0 atom stereocenters. The van der Waals surface area contributed by atoms with Crippen LogP contribution in [0.3, 0.4) is 0 Å². The maximum absolute atomic E-state index is 12.3. The minimum atomic E-state index is -0.614. The summed E-state index contributed by atoms with van der Waals surface area (Å²) in [7, 11) is 0. The van der Waals surface area contributed by atoms with Gasteiger partial charge in [-0.3, -0.25) is 14.9 Å². The first kappa shape index (κ1) is 16.1. The summed E-state index contributed by atoms with van der Waals surface area (Å²) in [4.78, 5) is 22.7. The predicted molar refractivity (Wildman–Crippen MR) is 85.2 cm³/mol. The van der Waals surface area contributed by atoms with Crippen molar-refractivity contribution < 1.29 is 9.72 Å². The zero-order chi connectivity index (χ0) is 15.5. The van der Waals surface area contributed by atoms with Gasteiger partial charge in [-0.2, -0.15) is 11.8 Å². The number of halogens is 1. The Morgan fingerprint density at radius 1 is 1.48 bits per heavy atom. The van der Waals surface area contributed by atoms with Crippen LogP contribution in [-0.4, -0.2) is 28.4 Å². The highest BCUT2D eigenvalue weighted by Gasteiger charge is 2.34. The largest absolute Gasteiger partial charge is 0.350 e. The number of nitro benzene ring substituents is 1. The van der Waals surface area contributed by atoms with E-state index in [-0.39, 0.29) is 21.0 Å². The fourth-order valence-corrected chi connectivity index (χ4v) is 3.85. The number of nitro groups is 1. The number of hydrogen-bond acceptors (Lipinski definition) is 4. The summed E-state index contributed by atoms with van der Waals surface area (Å²) < 4.78 is 0.0585. The molecule has 1 amide bonds. The van der Waals surface area contributed by atoms with Crippen molar-refractivity contribution in [1.29, 1.82) is 0 Å². The van der Waals surface area contributed by atoms with Gasteiger partial charge in [-0.15, -0.1) is 0 Å². The topological polar surface area (TPSA) is 72.2 Å². The number of para-hydroxylation sites is 1. The van der Waals surface area contributed by atoms with E-state index in [1.54, 1.807) is 17.8 Å². The van der Waals surface area contributed by atoms with E-state index in [1.807, 2.05) is 6.26 Å². The molecule has 5 nitrogen and oxygen atoms in total. The second-order valence-electron chi connectivity index (χ2n) is 5.17. The molecule has 1 N–H and O–H groups in total. The molecule has 1 aliphatic rings. The molecule has 0 radical (unpaired) electrons.